The van der Waals surface area contributed by atoms with Gasteiger partial charge in [0.05, 0.1) is 5.41 Å². The van der Waals surface area contributed by atoms with Crippen molar-refractivity contribution in [2.75, 3.05) is 0 Å². The minimum atomic E-state index is -0.405. The van der Waals surface area contributed by atoms with Crippen molar-refractivity contribution < 1.29 is 0 Å². The lowest BCUT2D eigenvalue weighted by molar-refractivity contribution is 0.586. The molecule has 0 atom stereocenters. The number of rotatable bonds is 2. The Morgan fingerprint density at radius 2 is 0.857 bits per heavy atom. The quantitative estimate of drug-likeness (QED) is 0.170. The molecule has 270 valence electrons. The Morgan fingerprint density at radius 3 is 1.50 bits per heavy atom. The second-order valence-corrected chi connectivity index (χ2v) is 19.2. The largest absolute Gasteiger partial charge is 0.0888 e. The van der Waals surface area contributed by atoms with E-state index in [1.165, 1.54) is 110 Å². The molecule has 0 bridgehead atoms. The molecule has 0 fully saturated rings. The van der Waals surface area contributed by atoms with Crippen molar-refractivity contribution in [1.82, 2.24) is 0 Å². The summed E-state index contributed by atoms with van der Waals surface area (Å²) < 4.78 is 0. The van der Waals surface area contributed by atoms with Crippen molar-refractivity contribution in [3.63, 3.8) is 0 Å². The zero-order chi connectivity index (χ0) is 38.1. The topological polar surface area (TPSA) is 0 Å². The normalized spacial score (nSPS) is 14.3. The van der Waals surface area contributed by atoms with Crippen molar-refractivity contribution in [2.45, 2.75) is 67.6 Å². The van der Waals surface area contributed by atoms with Crippen molar-refractivity contribution >= 4 is 22.5 Å². The first-order valence-electron chi connectivity index (χ1n) is 20.0. The van der Waals surface area contributed by atoms with Crippen molar-refractivity contribution in [1.29, 1.82) is 0 Å². The Hall–Kier alpha value is -5.63. The van der Waals surface area contributed by atoms with Crippen molar-refractivity contribution in [2.24, 2.45) is 0 Å². The first-order chi connectivity index (χ1) is 27.0. The molecule has 0 saturated heterocycles. The molecule has 0 unspecified atom stereocenters. The highest BCUT2D eigenvalue weighted by Crippen LogP contribution is 2.64. The zero-order valence-electron chi connectivity index (χ0n) is 32.9. The third kappa shape index (κ3) is 4.74. The van der Waals surface area contributed by atoms with Gasteiger partial charge in [-0.25, -0.2) is 0 Å². The van der Waals surface area contributed by atoms with E-state index in [4.69, 9.17) is 0 Å². The average Bonchev–Trinajstić information content (AvgIpc) is 3.67. The van der Waals surface area contributed by atoms with Gasteiger partial charge in [0, 0.05) is 15.2 Å². The van der Waals surface area contributed by atoms with E-state index in [1.54, 1.807) is 0 Å². The SMILES string of the molecule is CC(C)(C)c1ccc2c(c1)C1(c3ccccc3-c3ccc(-c4ccc(-c5ccc6c(c5)-c5cccc7cccc(c57)S6)cc4)cc31)c1cc(C(C)(C)C)ccc1-2. The van der Waals surface area contributed by atoms with Gasteiger partial charge in [-0.2, -0.15) is 0 Å². The number of hydrogen-bond donors (Lipinski definition) is 0. The molecule has 0 radical (unpaired) electrons. The third-order valence-electron chi connectivity index (χ3n) is 12.8. The Balaban J connectivity index is 1.06. The standard InChI is InChI=1S/C55H44S/c1-53(2,3)38-23-26-42-43-27-24-39(54(4,5)6)32-49(43)55(48(42)31-38)46-15-8-7-13-40(46)41-25-21-37(30-47(41)55)34-19-17-33(18-20-34)36-22-28-50-45(29-36)44-14-9-11-35-12-10-16-51(56-50)52(35)44/h7-32H,1-6H3. The fourth-order valence-electron chi connectivity index (χ4n) is 9.89. The molecular formula is C55H44S. The Bertz CT molecular complexity index is 2880. The van der Waals surface area contributed by atoms with Gasteiger partial charge in [0.1, 0.15) is 0 Å². The Morgan fingerprint density at radius 1 is 0.357 bits per heavy atom. The summed E-state index contributed by atoms with van der Waals surface area (Å²) in [6, 6.07) is 60.7. The molecular weight excluding hydrogens is 693 g/mol. The van der Waals surface area contributed by atoms with Crippen LogP contribution in [0.25, 0.3) is 66.4 Å². The van der Waals surface area contributed by atoms with Crippen LogP contribution in [-0.2, 0) is 16.2 Å². The van der Waals surface area contributed by atoms with Crippen LogP contribution in [0.15, 0.2) is 168 Å². The molecule has 8 aromatic carbocycles. The van der Waals surface area contributed by atoms with Crippen LogP contribution >= 0.6 is 11.8 Å². The average molecular weight is 737 g/mol. The van der Waals surface area contributed by atoms with Crippen LogP contribution in [-0.4, -0.2) is 0 Å². The molecule has 0 saturated carbocycles. The molecule has 0 aromatic heterocycles. The molecule has 3 aliphatic rings. The second kappa shape index (κ2) is 11.7. The first-order valence-corrected chi connectivity index (χ1v) is 20.8. The summed E-state index contributed by atoms with van der Waals surface area (Å²) in [5.74, 6) is 0. The molecule has 56 heavy (non-hydrogen) atoms. The van der Waals surface area contributed by atoms with Gasteiger partial charge >= 0.3 is 0 Å². The molecule has 0 nitrogen and oxygen atoms in total. The van der Waals surface area contributed by atoms with Crippen molar-refractivity contribution in [3.05, 3.63) is 191 Å². The van der Waals surface area contributed by atoms with Gasteiger partial charge in [-0.3, -0.25) is 0 Å². The van der Waals surface area contributed by atoms with Crippen molar-refractivity contribution in [3.8, 4) is 55.6 Å². The molecule has 1 heterocycles. The minimum Gasteiger partial charge on any atom is -0.0888 e. The van der Waals surface area contributed by atoms with Gasteiger partial charge in [-0.15, -0.1) is 0 Å². The van der Waals surface area contributed by atoms with Crippen LogP contribution in [0.3, 0.4) is 0 Å². The van der Waals surface area contributed by atoms with Gasteiger partial charge in [-0.1, -0.05) is 187 Å². The van der Waals surface area contributed by atoms with Crippen LogP contribution in [0.5, 0.6) is 0 Å². The third-order valence-corrected chi connectivity index (χ3v) is 14.0. The zero-order valence-corrected chi connectivity index (χ0v) is 33.7. The smallest absolute Gasteiger partial charge is 0.0725 e. The molecule has 1 spiro atoms. The highest BCUT2D eigenvalue weighted by Gasteiger charge is 2.52. The van der Waals surface area contributed by atoms with E-state index in [2.05, 4.69) is 199 Å². The summed E-state index contributed by atoms with van der Waals surface area (Å²) >= 11 is 1.89. The van der Waals surface area contributed by atoms with Gasteiger partial charge in [0.2, 0.25) is 0 Å². The summed E-state index contributed by atoms with van der Waals surface area (Å²) in [4.78, 5) is 2.67. The van der Waals surface area contributed by atoms with Gasteiger partial charge < -0.3 is 0 Å². The highest BCUT2D eigenvalue weighted by molar-refractivity contribution is 7.99. The predicted octanol–water partition coefficient (Wildman–Crippen LogP) is 15.2. The second-order valence-electron chi connectivity index (χ2n) is 18.1. The lowest BCUT2D eigenvalue weighted by Gasteiger charge is -2.33. The first kappa shape index (κ1) is 33.7. The lowest BCUT2D eigenvalue weighted by atomic mass is 9.68. The van der Waals surface area contributed by atoms with Gasteiger partial charge in [0.25, 0.3) is 0 Å². The monoisotopic (exact) mass is 736 g/mol. The van der Waals surface area contributed by atoms with Gasteiger partial charge in [0.15, 0.2) is 0 Å². The van der Waals surface area contributed by atoms with E-state index in [-0.39, 0.29) is 10.8 Å². The molecule has 0 amide bonds. The van der Waals surface area contributed by atoms with Crippen LogP contribution in [0, 0.1) is 0 Å². The summed E-state index contributed by atoms with van der Waals surface area (Å²) in [6.07, 6.45) is 0. The Labute approximate surface area is 335 Å². The maximum atomic E-state index is 2.54. The maximum absolute atomic E-state index is 2.54. The van der Waals surface area contributed by atoms with E-state index >= 15 is 0 Å². The van der Waals surface area contributed by atoms with E-state index in [0.29, 0.717) is 0 Å². The van der Waals surface area contributed by atoms with E-state index < -0.39 is 5.41 Å². The fraction of sp³-hybridized carbons (Fsp3) is 0.164. The molecule has 2 aliphatic carbocycles. The fourth-order valence-corrected chi connectivity index (χ4v) is 11.0. The van der Waals surface area contributed by atoms with Crippen LogP contribution < -0.4 is 0 Å². The Kier molecular flexibility index (Phi) is 7.04. The maximum Gasteiger partial charge on any atom is 0.0725 e. The van der Waals surface area contributed by atoms with E-state index in [0.717, 1.165) is 0 Å². The van der Waals surface area contributed by atoms with Gasteiger partial charge in [-0.05, 0) is 129 Å². The van der Waals surface area contributed by atoms with Crippen LogP contribution in [0.1, 0.15) is 74.9 Å². The molecule has 11 rings (SSSR count). The summed E-state index contributed by atoms with van der Waals surface area (Å²) in [5, 5.41) is 2.68. The summed E-state index contributed by atoms with van der Waals surface area (Å²) in [7, 11) is 0. The molecule has 0 N–H and O–H groups in total. The minimum absolute atomic E-state index is 0.0286. The molecule has 1 aliphatic heterocycles. The van der Waals surface area contributed by atoms with E-state index in [9.17, 15) is 0 Å². The van der Waals surface area contributed by atoms with Crippen LogP contribution in [0.4, 0.5) is 0 Å². The summed E-state index contributed by atoms with van der Waals surface area (Å²) in [5.41, 5.74) is 21.0. The highest BCUT2D eigenvalue weighted by atomic mass is 32.2. The number of hydrogen-bond acceptors (Lipinski definition) is 1. The molecule has 1 heteroatoms. The number of benzene rings is 8. The predicted molar refractivity (Wildman–Crippen MR) is 238 cm³/mol. The summed E-state index contributed by atoms with van der Waals surface area (Å²) in [6.45, 7) is 14.0. The molecule has 8 aromatic rings. The van der Waals surface area contributed by atoms with E-state index in [1.807, 2.05) is 11.8 Å². The van der Waals surface area contributed by atoms with Crippen LogP contribution in [0.2, 0.25) is 0 Å². The number of fused-ring (bicyclic) bond motifs is 12. The lowest BCUT2D eigenvalue weighted by Crippen LogP contribution is -2.27.